The van der Waals surface area contributed by atoms with E-state index in [1.54, 1.807) is 0 Å². The Labute approximate surface area is 419 Å². The average Bonchev–Trinajstić information content (AvgIpc) is 3.29. The van der Waals surface area contributed by atoms with Crippen molar-refractivity contribution in [2.75, 3.05) is 6.61 Å². The number of carbonyl (C=O) groups excluding carboxylic acids is 12. The monoisotopic (exact) mass is 1040 g/mol. The first-order valence-corrected chi connectivity index (χ1v) is 23.0. The summed E-state index contributed by atoms with van der Waals surface area (Å²) >= 11 is 0. The fraction of sp³-hybridized carbons (Fsp3) is 0.600. The number of nitrogens with one attached hydrogen (secondary N) is 8. The molecule has 408 valence electrons. The standard InChI is InChI=1S/C45H69N9O19/c1-19(2)33(51-38(65)26(13-15-31(60)61)47-37(64)25(46)12-14-30(58)59)41(68)48-27(17-32(62)63)39(66)52-35(21(5)6)43(70)54-36(22(7)56)44(71)50-29(18-55)40(67)53-34(20(3)4)42(69)49-28(45(72)73)16-23-8-10-24(57)11-9-23/h8-11,19-22,25-29,33-36,55-57H,12-18,46H2,1-7H3,(H,47,64)(H,48,68)(H,49,69)(H,50,71)(H,51,65)(H,52,66)(H,53,67)(H,54,70)(H,58,59)(H,60,61)(H,62,63)(H,72,73)/p-3/t22-,25+,26+,27+,28+,29+,33+,34+,35+,36+/m1/s1. The van der Waals surface area contributed by atoms with Gasteiger partial charge in [0.2, 0.25) is 41.4 Å². The number of aromatic hydroxyl groups is 1. The number of phenols is 1. The number of aliphatic hydroxyl groups excluding tert-OH is 2. The molecule has 1 aromatic carbocycles. The number of amides is 8. The summed E-state index contributed by atoms with van der Waals surface area (Å²) < 4.78 is 0. The second kappa shape index (κ2) is 30.4. The van der Waals surface area contributed by atoms with E-state index in [2.05, 4.69) is 48.3 Å². The van der Waals surface area contributed by atoms with Crippen LogP contribution in [0.15, 0.2) is 24.3 Å². The first-order chi connectivity index (χ1) is 33.9. The zero-order valence-electron chi connectivity index (χ0n) is 41.3. The minimum absolute atomic E-state index is 0.0931. The van der Waals surface area contributed by atoms with Crippen molar-refractivity contribution >= 4 is 71.1 Å². The van der Waals surface area contributed by atoms with Crippen LogP contribution in [0.5, 0.6) is 5.75 Å². The molecule has 10 atom stereocenters. The van der Waals surface area contributed by atoms with E-state index in [9.17, 15) is 93.3 Å². The molecule has 0 unspecified atom stereocenters. The van der Waals surface area contributed by atoms with Gasteiger partial charge >= 0.3 is 0 Å². The molecule has 0 bridgehead atoms. The van der Waals surface area contributed by atoms with Gasteiger partial charge in [-0.15, -0.1) is 0 Å². The van der Waals surface area contributed by atoms with Crippen molar-refractivity contribution in [1.29, 1.82) is 0 Å². The number of carbonyl (C=O) groups is 12. The van der Waals surface area contributed by atoms with Crippen LogP contribution in [-0.2, 0) is 64.0 Å². The van der Waals surface area contributed by atoms with Gasteiger partial charge in [0.1, 0.15) is 48.0 Å². The summed E-state index contributed by atoms with van der Waals surface area (Å²) in [6.45, 7) is 8.59. The van der Waals surface area contributed by atoms with E-state index < -0.39 is 182 Å². The van der Waals surface area contributed by atoms with Gasteiger partial charge in [-0.3, -0.25) is 38.4 Å². The zero-order chi connectivity index (χ0) is 56.0. The molecule has 0 aliphatic rings. The summed E-state index contributed by atoms with van der Waals surface area (Å²) in [5.74, 6) is -18.3. The Morgan fingerprint density at radius 3 is 1.26 bits per heavy atom. The van der Waals surface area contributed by atoms with Crippen molar-refractivity contribution in [3.8, 4) is 5.75 Å². The van der Waals surface area contributed by atoms with E-state index in [1.165, 1.54) is 65.8 Å². The highest BCUT2D eigenvalue weighted by Gasteiger charge is 2.37. The van der Waals surface area contributed by atoms with Crippen LogP contribution in [0.1, 0.15) is 86.1 Å². The molecular weight excluding hydrogens is 971 g/mol. The molecule has 0 fully saturated rings. The molecule has 28 heteroatoms. The van der Waals surface area contributed by atoms with Crippen molar-refractivity contribution in [3.63, 3.8) is 0 Å². The molecule has 0 heterocycles. The highest BCUT2D eigenvalue weighted by atomic mass is 16.4. The maximum Gasteiger partial charge on any atom is 0.278 e. The summed E-state index contributed by atoms with van der Waals surface area (Å²) in [4.78, 5) is 153. The summed E-state index contributed by atoms with van der Waals surface area (Å²) in [7, 11) is 0. The van der Waals surface area contributed by atoms with E-state index in [-0.39, 0.29) is 18.6 Å². The molecule has 8 amide bonds. The zero-order valence-corrected chi connectivity index (χ0v) is 41.3. The summed E-state index contributed by atoms with van der Waals surface area (Å²) in [5, 5.41) is 93.9. The second-order valence-corrected chi connectivity index (χ2v) is 18.1. The number of rotatable bonds is 32. The quantitative estimate of drug-likeness (QED) is 0.0319. The van der Waals surface area contributed by atoms with Crippen LogP contribution in [0.25, 0.3) is 0 Å². The van der Waals surface area contributed by atoms with Crippen molar-refractivity contribution < 1.29 is 99.0 Å². The molecule has 28 nitrogen and oxygen atoms in total. The predicted octanol–water partition coefficient (Wildman–Crippen LogP) is -10.3. The fourth-order valence-electron chi connectivity index (χ4n) is 6.67. The Hall–Kier alpha value is -7.46. The van der Waals surface area contributed by atoms with Gasteiger partial charge in [0.15, 0.2) is 6.04 Å². The predicted molar refractivity (Wildman–Crippen MR) is 240 cm³/mol. The number of phenolic OH excluding ortho intramolecular Hbond substituents is 1. The van der Waals surface area contributed by atoms with Gasteiger partial charge in [0.05, 0.1) is 24.7 Å². The van der Waals surface area contributed by atoms with Crippen LogP contribution in [0, 0.1) is 17.8 Å². The van der Waals surface area contributed by atoms with E-state index in [1.807, 2.05) is 0 Å². The largest absolute Gasteiger partial charge is 0.550 e. The number of hydrogen-bond acceptors (Lipinski definition) is 19. The Balaban J connectivity index is 3.25. The number of carboxylic acids is 4. The third-order valence-corrected chi connectivity index (χ3v) is 10.9. The number of aliphatic hydroxyl groups is 2. The van der Waals surface area contributed by atoms with Gasteiger partial charge in [-0.1, -0.05) is 53.7 Å². The van der Waals surface area contributed by atoms with Gasteiger partial charge in [-0.05, 0) is 68.1 Å². The molecule has 1 rings (SSSR count). The molecule has 73 heavy (non-hydrogen) atoms. The smallest absolute Gasteiger partial charge is 0.278 e. The van der Waals surface area contributed by atoms with Crippen LogP contribution in [0.4, 0.5) is 0 Å². The molecule has 0 aliphatic heterocycles. The van der Waals surface area contributed by atoms with E-state index >= 15 is 0 Å². The van der Waals surface area contributed by atoms with Gasteiger partial charge in [0, 0.05) is 30.7 Å². The first kappa shape index (κ1) is 63.6. The van der Waals surface area contributed by atoms with Crippen LogP contribution in [-0.4, -0.2) is 154 Å². The molecule has 0 radical (unpaired) electrons. The molecule has 0 aromatic heterocycles. The van der Waals surface area contributed by atoms with Crippen LogP contribution < -0.4 is 68.7 Å². The van der Waals surface area contributed by atoms with Gasteiger partial charge < -0.3 is 103 Å². The Morgan fingerprint density at radius 1 is 0.479 bits per heavy atom. The molecule has 1 aromatic rings. The topological polar surface area (TPSA) is 482 Å². The summed E-state index contributed by atoms with van der Waals surface area (Å²) in [5.41, 5.74) is 3.92. The Bertz CT molecular complexity index is 2140. The lowest BCUT2D eigenvalue weighted by Gasteiger charge is -2.30. The second-order valence-electron chi connectivity index (χ2n) is 18.1. The van der Waals surface area contributed by atoms with E-state index in [0.717, 1.165) is 6.92 Å². The number of aliphatic carboxylic acids is 4. The van der Waals surface area contributed by atoms with E-state index in [4.69, 9.17) is 0 Å². The van der Waals surface area contributed by atoms with Crippen molar-refractivity contribution in [1.82, 2.24) is 42.5 Å². The molecule has 0 aliphatic carbocycles. The Morgan fingerprint density at radius 2 is 0.849 bits per heavy atom. The molecule has 0 saturated carbocycles. The van der Waals surface area contributed by atoms with Gasteiger partial charge in [0.25, 0.3) is 5.91 Å². The van der Waals surface area contributed by atoms with Gasteiger partial charge in [-0.25, -0.2) is 0 Å². The molecule has 14 N–H and O–H groups in total. The SMILES string of the molecule is CC(C)[C@H](NC(=O)[C@H](CO)NC(=O)[C@@H](NC(=O)[C@@H](NC(=O)[C@H](CC(=O)[O-])NC(=O)[C@@H](NC(=O)[C@H](CCC(=O)[O-])NC(=O)[C@@H]([NH3+])CCC(=O)[O-])C(C)C)C(C)C)[C@@H](C)O)C(=O)N[C@@H](Cc1ccc(O)cc1)C(=O)[O-]. The minimum atomic E-state index is -2.02. The summed E-state index contributed by atoms with van der Waals surface area (Å²) in [6, 6.07) is -9.53. The molecular formula is C45H66N9O19-3. The van der Waals surface area contributed by atoms with Crippen LogP contribution >= 0.6 is 0 Å². The lowest BCUT2D eigenvalue weighted by atomic mass is 9.99. The fourth-order valence-corrected chi connectivity index (χ4v) is 6.67. The first-order valence-electron chi connectivity index (χ1n) is 23.0. The number of carboxylic acid groups (broad SMARTS) is 4. The normalized spacial score (nSPS) is 15.3. The molecule has 0 saturated heterocycles. The number of benzene rings is 1. The van der Waals surface area contributed by atoms with E-state index in [0.29, 0.717) is 5.56 Å². The van der Waals surface area contributed by atoms with Crippen LogP contribution in [0.2, 0.25) is 0 Å². The third-order valence-electron chi connectivity index (χ3n) is 10.9. The third kappa shape index (κ3) is 22.2. The highest BCUT2D eigenvalue weighted by molar-refractivity contribution is 5.99. The minimum Gasteiger partial charge on any atom is -0.550 e. The van der Waals surface area contributed by atoms with Crippen LogP contribution in [0.3, 0.4) is 0 Å². The lowest BCUT2D eigenvalue weighted by molar-refractivity contribution is -0.406. The maximum atomic E-state index is 13.7. The van der Waals surface area contributed by atoms with Crippen molar-refractivity contribution in [2.45, 2.75) is 147 Å². The Kier molecular flexibility index (Phi) is 26.5. The lowest BCUT2D eigenvalue weighted by Crippen LogP contribution is -2.69. The molecule has 0 spiro atoms. The average molecular weight is 1040 g/mol. The summed E-state index contributed by atoms with van der Waals surface area (Å²) in [6.07, 6.45) is -5.42. The number of hydrogen-bond donors (Lipinski definition) is 12. The van der Waals surface area contributed by atoms with Gasteiger partial charge in [-0.2, -0.15) is 0 Å². The maximum absolute atomic E-state index is 13.7. The van der Waals surface area contributed by atoms with Crippen molar-refractivity contribution in [3.05, 3.63) is 29.8 Å². The highest BCUT2D eigenvalue weighted by Crippen LogP contribution is 2.13. The number of quaternary nitrogens is 1. The van der Waals surface area contributed by atoms with Crippen molar-refractivity contribution in [2.24, 2.45) is 17.8 Å².